The number of rotatable bonds is 3. The zero-order chi connectivity index (χ0) is 5.70. The third-order valence-electron chi connectivity index (χ3n) is 0.659. The normalized spacial score (nSPS) is 14.1. The minimum atomic E-state index is -0.638. The molecule has 7 heavy (non-hydrogen) atoms. The molecule has 1 unspecified atom stereocenters. The molecule has 0 aliphatic rings. The second kappa shape index (κ2) is 4.47. The van der Waals surface area contributed by atoms with E-state index in [2.05, 4.69) is 6.92 Å². The van der Waals surface area contributed by atoms with Crippen LogP contribution in [0.3, 0.4) is 0 Å². The van der Waals surface area contributed by atoms with Crippen molar-refractivity contribution < 1.29 is 4.55 Å². The van der Waals surface area contributed by atoms with Crippen molar-refractivity contribution in [2.45, 2.75) is 13.3 Å². The molecule has 2 heteroatoms. The highest BCUT2D eigenvalue weighted by Gasteiger charge is 1.95. The van der Waals surface area contributed by atoms with E-state index in [1.807, 2.05) is 6.92 Å². The summed E-state index contributed by atoms with van der Waals surface area (Å²) in [5.41, 5.74) is 0. The maximum atomic E-state index is 10.5. The second-order valence-electron chi connectivity index (χ2n) is 1.35. The molecular weight excluding hydrogens is 108 g/mol. The lowest BCUT2D eigenvalue weighted by Gasteiger charge is -2.04. The highest BCUT2D eigenvalue weighted by atomic mass is 32.2. The molecule has 1 atom stereocenters. The fourth-order valence-electron chi connectivity index (χ4n) is 0.330. The van der Waals surface area contributed by atoms with Gasteiger partial charge in [-0.3, -0.25) is 0 Å². The summed E-state index contributed by atoms with van der Waals surface area (Å²) in [6.45, 7) is 5.53. The van der Waals surface area contributed by atoms with E-state index in [9.17, 15) is 4.55 Å². The van der Waals surface area contributed by atoms with E-state index in [1.54, 1.807) is 0 Å². The lowest BCUT2D eigenvalue weighted by Crippen LogP contribution is -2.07. The average molecular weight is 119 g/mol. The molecule has 0 spiro atoms. The van der Waals surface area contributed by atoms with Gasteiger partial charge in [-0.1, -0.05) is 18.1 Å². The average Bonchev–Trinajstić information content (AvgIpc) is 1.68. The first-order chi connectivity index (χ1) is 3.31. The SMILES string of the molecule is [CH2]C[S+]([O-])CCC. The van der Waals surface area contributed by atoms with Gasteiger partial charge in [-0.2, -0.15) is 0 Å². The summed E-state index contributed by atoms with van der Waals surface area (Å²) in [4.78, 5) is 0. The molecule has 0 bridgehead atoms. The Hall–Kier alpha value is 0.310. The molecule has 0 fully saturated rings. The van der Waals surface area contributed by atoms with Gasteiger partial charge in [-0.05, 0) is 13.3 Å². The lowest BCUT2D eigenvalue weighted by atomic mass is 10.6. The van der Waals surface area contributed by atoms with E-state index in [0.29, 0.717) is 5.75 Å². The maximum Gasteiger partial charge on any atom is 0.105 e. The first-order valence-electron chi connectivity index (χ1n) is 2.45. The summed E-state index contributed by atoms with van der Waals surface area (Å²) in [6.07, 6.45) is 1.00. The first-order valence-corrected chi connectivity index (χ1v) is 3.94. The van der Waals surface area contributed by atoms with Gasteiger partial charge in [0.1, 0.15) is 11.5 Å². The third kappa shape index (κ3) is 4.16. The molecule has 0 aliphatic carbocycles. The van der Waals surface area contributed by atoms with E-state index < -0.39 is 11.2 Å². The van der Waals surface area contributed by atoms with Crippen LogP contribution in [0.5, 0.6) is 0 Å². The molecule has 0 heterocycles. The number of hydrogen-bond donors (Lipinski definition) is 0. The van der Waals surface area contributed by atoms with Crippen LogP contribution in [-0.2, 0) is 11.2 Å². The Balaban J connectivity index is 2.83. The van der Waals surface area contributed by atoms with Gasteiger partial charge in [0.15, 0.2) is 0 Å². The number of hydrogen-bond acceptors (Lipinski definition) is 1. The topological polar surface area (TPSA) is 23.1 Å². The van der Waals surface area contributed by atoms with Crippen LogP contribution < -0.4 is 0 Å². The van der Waals surface area contributed by atoms with Crippen LogP contribution in [0.2, 0.25) is 0 Å². The molecule has 43 valence electrons. The predicted molar refractivity (Wildman–Crippen MR) is 33.5 cm³/mol. The van der Waals surface area contributed by atoms with E-state index in [-0.39, 0.29) is 0 Å². The summed E-state index contributed by atoms with van der Waals surface area (Å²) < 4.78 is 10.5. The van der Waals surface area contributed by atoms with Crippen LogP contribution >= 0.6 is 0 Å². The van der Waals surface area contributed by atoms with Gasteiger partial charge < -0.3 is 4.55 Å². The maximum absolute atomic E-state index is 10.5. The van der Waals surface area contributed by atoms with Gasteiger partial charge in [0.05, 0.1) is 0 Å². The molecule has 0 aromatic heterocycles. The zero-order valence-electron chi connectivity index (χ0n) is 4.64. The molecule has 0 aromatic rings. The minimum Gasteiger partial charge on any atom is -0.616 e. The van der Waals surface area contributed by atoms with Gasteiger partial charge in [0.25, 0.3) is 0 Å². The van der Waals surface area contributed by atoms with Gasteiger partial charge in [0.2, 0.25) is 0 Å². The van der Waals surface area contributed by atoms with Crippen molar-refractivity contribution in [3.63, 3.8) is 0 Å². The second-order valence-corrected chi connectivity index (χ2v) is 3.04. The van der Waals surface area contributed by atoms with Crippen LogP contribution in [0.4, 0.5) is 0 Å². The third-order valence-corrected chi connectivity index (χ3v) is 1.98. The predicted octanol–water partition coefficient (Wildman–Crippen LogP) is 0.979. The smallest absolute Gasteiger partial charge is 0.105 e. The van der Waals surface area contributed by atoms with Crippen LogP contribution in [0.15, 0.2) is 0 Å². The monoisotopic (exact) mass is 119 g/mol. The molecular formula is C5H11OS. The van der Waals surface area contributed by atoms with Crippen molar-refractivity contribution in [3.8, 4) is 0 Å². The van der Waals surface area contributed by atoms with Gasteiger partial charge in [-0.15, -0.1) is 0 Å². The Morgan fingerprint density at radius 3 is 2.43 bits per heavy atom. The largest absolute Gasteiger partial charge is 0.616 e. The fourth-order valence-corrected chi connectivity index (χ4v) is 0.989. The van der Waals surface area contributed by atoms with Crippen molar-refractivity contribution in [2.75, 3.05) is 11.5 Å². The first kappa shape index (κ1) is 7.31. The van der Waals surface area contributed by atoms with Crippen LogP contribution in [0.1, 0.15) is 13.3 Å². The summed E-state index contributed by atoms with van der Waals surface area (Å²) in [5, 5.41) is 0. The molecule has 0 saturated carbocycles. The Bertz CT molecular complexity index is 39.1. The Morgan fingerprint density at radius 2 is 2.29 bits per heavy atom. The summed E-state index contributed by atoms with van der Waals surface area (Å²) >= 11 is -0.638. The zero-order valence-corrected chi connectivity index (χ0v) is 5.46. The highest BCUT2D eigenvalue weighted by molar-refractivity contribution is 7.91. The molecule has 1 radical (unpaired) electrons. The molecule has 0 N–H and O–H groups in total. The fraction of sp³-hybridized carbons (Fsp3) is 0.800. The van der Waals surface area contributed by atoms with Crippen LogP contribution in [-0.4, -0.2) is 16.1 Å². The van der Waals surface area contributed by atoms with E-state index in [0.717, 1.165) is 12.2 Å². The van der Waals surface area contributed by atoms with Gasteiger partial charge in [0, 0.05) is 0 Å². The van der Waals surface area contributed by atoms with Crippen molar-refractivity contribution in [3.05, 3.63) is 6.92 Å². The molecule has 0 aromatic carbocycles. The standard InChI is InChI=1S/C5H11OS/c1-3-5-7(6)4-2/h2-5H2,1H3. The molecule has 0 saturated heterocycles. The Labute approximate surface area is 48.3 Å². The van der Waals surface area contributed by atoms with Gasteiger partial charge >= 0.3 is 0 Å². The van der Waals surface area contributed by atoms with Crippen LogP contribution in [0, 0.1) is 6.92 Å². The van der Waals surface area contributed by atoms with Crippen LogP contribution in [0.25, 0.3) is 0 Å². The Morgan fingerprint density at radius 1 is 1.71 bits per heavy atom. The molecule has 0 aliphatic heterocycles. The van der Waals surface area contributed by atoms with E-state index in [1.165, 1.54) is 0 Å². The van der Waals surface area contributed by atoms with Gasteiger partial charge in [-0.25, -0.2) is 0 Å². The molecule has 1 nitrogen and oxygen atoms in total. The van der Waals surface area contributed by atoms with E-state index >= 15 is 0 Å². The quantitative estimate of drug-likeness (QED) is 0.508. The summed E-state index contributed by atoms with van der Waals surface area (Å²) in [7, 11) is 0. The van der Waals surface area contributed by atoms with Crippen molar-refractivity contribution in [1.82, 2.24) is 0 Å². The van der Waals surface area contributed by atoms with Crippen molar-refractivity contribution in [2.24, 2.45) is 0 Å². The summed E-state index contributed by atoms with van der Waals surface area (Å²) in [5.74, 6) is 1.37. The summed E-state index contributed by atoms with van der Waals surface area (Å²) in [6, 6.07) is 0. The highest BCUT2D eigenvalue weighted by Crippen LogP contribution is 1.90. The van der Waals surface area contributed by atoms with Crippen molar-refractivity contribution >= 4 is 11.2 Å². The minimum absolute atomic E-state index is 0.563. The molecule has 0 rings (SSSR count). The van der Waals surface area contributed by atoms with E-state index in [4.69, 9.17) is 0 Å². The Kier molecular flexibility index (Phi) is 4.67. The van der Waals surface area contributed by atoms with Crippen molar-refractivity contribution in [1.29, 1.82) is 0 Å². The molecule has 0 amide bonds. The lowest BCUT2D eigenvalue weighted by molar-refractivity contribution is 0.596.